The van der Waals surface area contributed by atoms with Crippen LogP contribution in [0.25, 0.3) is 84.3 Å². The molecule has 0 spiro atoms. The number of nitriles is 6. The van der Waals surface area contributed by atoms with Gasteiger partial charge in [0.05, 0.1) is 33.4 Å². The average molecular weight is 805 g/mol. The second kappa shape index (κ2) is 14.9. The molecule has 0 radical (unpaired) electrons. The lowest BCUT2D eigenvalue weighted by atomic mass is 10.1. The normalized spacial score (nSPS) is 10.8. The molecule has 12 heteroatoms. The molecular weight excluding hydrogens is 781 g/mol. The van der Waals surface area contributed by atoms with E-state index in [0.29, 0.717) is 67.6 Å². The third kappa shape index (κ3) is 5.83. The third-order valence-electron chi connectivity index (χ3n) is 10.9. The van der Waals surface area contributed by atoms with Crippen LogP contribution in [0.4, 0.5) is 0 Å². The summed E-state index contributed by atoms with van der Waals surface area (Å²) in [6.45, 7) is 0. The highest BCUT2D eigenvalue weighted by Crippen LogP contribution is 2.44. The minimum absolute atomic E-state index is 0.170. The fourth-order valence-corrected chi connectivity index (χ4v) is 8.09. The van der Waals surface area contributed by atoms with Crippen molar-refractivity contribution in [2.24, 2.45) is 0 Å². The van der Waals surface area contributed by atoms with Gasteiger partial charge in [0.1, 0.15) is 87.0 Å². The Morgan fingerprint density at radius 2 is 0.556 bits per heavy atom. The lowest BCUT2D eigenvalue weighted by Crippen LogP contribution is -2.02. The number of hydrogen-bond acceptors (Lipinski definition) is 9. The van der Waals surface area contributed by atoms with Gasteiger partial charge in [0.25, 0.3) is 0 Å². The maximum Gasteiger partial charge on any atom is 0.145 e. The summed E-state index contributed by atoms with van der Waals surface area (Å²) in [6.07, 6.45) is 0. The molecule has 0 aliphatic rings. The van der Waals surface area contributed by atoms with Gasteiger partial charge in [0.2, 0.25) is 0 Å². The summed E-state index contributed by atoms with van der Waals surface area (Å²) in [7, 11) is 0. The lowest BCUT2D eigenvalue weighted by molar-refractivity contribution is 1.10. The molecular formula is C51H24N12. The summed E-state index contributed by atoms with van der Waals surface area (Å²) in [5.74, 6) is 1.50. The summed E-state index contributed by atoms with van der Waals surface area (Å²) in [5.41, 5.74) is 7.98. The van der Waals surface area contributed by atoms with E-state index in [0.717, 1.165) is 16.7 Å². The van der Waals surface area contributed by atoms with Crippen molar-refractivity contribution in [2.75, 3.05) is 0 Å². The van der Waals surface area contributed by atoms with Gasteiger partial charge in [-0.3, -0.25) is 13.7 Å². The molecule has 10 aromatic rings. The number of rotatable bonds is 6. The topological polar surface area (TPSA) is 196 Å². The second-order valence-corrected chi connectivity index (χ2v) is 14.4. The first-order chi connectivity index (χ1) is 31.0. The molecule has 0 saturated carbocycles. The quantitative estimate of drug-likeness (QED) is 0.157. The van der Waals surface area contributed by atoms with Crippen LogP contribution in [0.5, 0.6) is 0 Å². The minimum Gasteiger partial charge on any atom is -0.290 e. The van der Waals surface area contributed by atoms with Crippen molar-refractivity contribution in [1.29, 1.82) is 31.6 Å². The van der Waals surface area contributed by atoms with E-state index in [1.807, 2.05) is 105 Å². The SMILES string of the molecule is N#Cc1ccc(-n2c(-c3ccccc3)nc3c2c2nc(-c4ccccc4)n(-c4ccc(C#N)c(C#N)c4)c2c2nc(-c4ccccc4)n(-c4ccc(C#N)c(C#N)c4)c32)cc1C#N. The zero-order chi connectivity index (χ0) is 43.2. The van der Waals surface area contributed by atoms with Gasteiger partial charge in [-0.25, -0.2) is 15.0 Å². The number of hydrogen-bond donors (Lipinski definition) is 0. The van der Waals surface area contributed by atoms with Crippen molar-refractivity contribution < 1.29 is 0 Å². The van der Waals surface area contributed by atoms with Gasteiger partial charge >= 0.3 is 0 Å². The molecule has 0 saturated heterocycles. The Hall–Kier alpha value is -10.1. The van der Waals surface area contributed by atoms with Crippen LogP contribution in [0.3, 0.4) is 0 Å². The highest BCUT2D eigenvalue weighted by molar-refractivity contribution is 6.22. The molecule has 3 aromatic heterocycles. The predicted molar refractivity (Wildman–Crippen MR) is 235 cm³/mol. The van der Waals surface area contributed by atoms with Gasteiger partial charge in [-0.1, -0.05) is 91.0 Å². The standard InChI is InChI=1S/C51H24N12/c52-25-34-16-19-40(22-37(34)28-55)61-46-43(58-49(61)31-10-4-1-5-11-31)47-45(60-51(33-14-8-3-9-15-33)62(47)41-20-17-35(26-53)38(23-41)29-56)48-44(46)59-50(32-12-6-2-7-13-32)63(48)42-21-18-36(27-54)39(24-42)30-57/h1-24H. The molecule has 0 aliphatic carbocycles. The van der Waals surface area contributed by atoms with E-state index >= 15 is 0 Å². The largest absolute Gasteiger partial charge is 0.290 e. The van der Waals surface area contributed by atoms with E-state index < -0.39 is 0 Å². The summed E-state index contributed by atoms with van der Waals surface area (Å²) in [5, 5.41) is 60.6. The van der Waals surface area contributed by atoms with Crippen LogP contribution in [0, 0.1) is 68.0 Å². The van der Waals surface area contributed by atoms with Gasteiger partial charge in [0.15, 0.2) is 0 Å². The first kappa shape index (κ1) is 37.2. The molecule has 63 heavy (non-hydrogen) atoms. The van der Waals surface area contributed by atoms with Crippen LogP contribution < -0.4 is 0 Å². The van der Waals surface area contributed by atoms with Crippen LogP contribution in [0.2, 0.25) is 0 Å². The Bertz CT molecular complexity index is 3370. The predicted octanol–water partition coefficient (Wildman–Crippen LogP) is 9.93. The van der Waals surface area contributed by atoms with Crippen LogP contribution in [0.1, 0.15) is 33.4 Å². The van der Waals surface area contributed by atoms with Crippen LogP contribution in [-0.2, 0) is 0 Å². The summed E-state index contributed by atoms with van der Waals surface area (Å²) >= 11 is 0. The minimum atomic E-state index is 0.170. The Morgan fingerprint density at radius 3 is 0.794 bits per heavy atom. The van der Waals surface area contributed by atoms with E-state index in [2.05, 4.69) is 36.4 Å². The Balaban J connectivity index is 1.51. The van der Waals surface area contributed by atoms with Gasteiger partial charge in [-0.15, -0.1) is 0 Å². The second-order valence-electron chi connectivity index (χ2n) is 14.4. The monoisotopic (exact) mass is 804 g/mol. The first-order valence-electron chi connectivity index (χ1n) is 19.4. The van der Waals surface area contributed by atoms with Gasteiger partial charge < -0.3 is 0 Å². The molecule has 0 atom stereocenters. The van der Waals surface area contributed by atoms with Crippen molar-refractivity contribution in [3.05, 3.63) is 179 Å². The Morgan fingerprint density at radius 1 is 0.302 bits per heavy atom. The molecule has 0 aliphatic heterocycles. The summed E-state index contributed by atoms with van der Waals surface area (Å²) in [6, 6.07) is 56.7. The zero-order valence-corrected chi connectivity index (χ0v) is 32.7. The van der Waals surface area contributed by atoms with Gasteiger partial charge in [-0.05, 0) is 54.6 Å². The zero-order valence-electron chi connectivity index (χ0n) is 32.7. The third-order valence-corrected chi connectivity index (χ3v) is 10.9. The maximum absolute atomic E-state index is 10.3. The molecule has 0 fully saturated rings. The highest BCUT2D eigenvalue weighted by Gasteiger charge is 2.31. The fraction of sp³-hybridized carbons (Fsp3) is 0. The Labute approximate surface area is 358 Å². The fourth-order valence-electron chi connectivity index (χ4n) is 8.09. The molecule has 0 N–H and O–H groups in total. The smallest absolute Gasteiger partial charge is 0.145 e. The van der Waals surface area contributed by atoms with E-state index in [1.165, 1.54) is 0 Å². The maximum atomic E-state index is 10.3. The molecule has 0 unspecified atom stereocenters. The van der Waals surface area contributed by atoms with E-state index in [9.17, 15) is 31.6 Å². The first-order valence-corrected chi connectivity index (χ1v) is 19.4. The molecule has 288 valence electrons. The van der Waals surface area contributed by atoms with Crippen molar-refractivity contribution in [2.45, 2.75) is 0 Å². The van der Waals surface area contributed by atoms with Crippen molar-refractivity contribution in [3.8, 4) is 87.6 Å². The molecule has 0 amide bonds. The van der Waals surface area contributed by atoms with Crippen LogP contribution in [0.15, 0.2) is 146 Å². The summed E-state index contributed by atoms with van der Waals surface area (Å²) < 4.78 is 5.79. The average Bonchev–Trinajstić information content (AvgIpc) is 4.07. The number of aromatic nitrogens is 6. The Kier molecular flexibility index (Phi) is 8.81. The molecule has 0 bridgehead atoms. The number of nitrogens with zero attached hydrogens (tertiary/aromatic N) is 12. The highest BCUT2D eigenvalue weighted by atomic mass is 15.2. The van der Waals surface area contributed by atoms with Crippen LogP contribution >= 0.6 is 0 Å². The van der Waals surface area contributed by atoms with Crippen molar-refractivity contribution in [1.82, 2.24) is 28.7 Å². The van der Waals surface area contributed by atoms with Crippen molar-refractivity contribution >= 4 is 33.1 Å². The van der Waals surface area contributed by atoms with Crippen LogP contribution in [-0.4, -0.2) is 28.7 Å². The van der Waals surface area contributed by atoms with Gasteiger partial charge in [-0.2, -0.15) is 31.6 Å². The number of benzene rings is 7. The van der Waals surface area contributed by atoms with E-state index in [4.69, 9.17) is 15.0 Å². The van der Waals surface area contributed by atoms with E-state index in [-0.39, 0.29) is 33.4 Å². The molecule has 3 heterocycles. The van der Waals surface area contributed by atoms with E-state index in [1.54, 1.807) is 54.6 Å². The van der Waals surface area contributed by atoms with Gasteiger partial charge in [0, 0.05) is 33.8 Å². The summed E-state index contributed by atoms with van der Waals surface area (Å²) in [4.78, 5) is 16.3. The van der Waals surface area contributed by atoms with Crippen molar-refractivity contribution in [3.63, 3.8) is 0 Å². The molecule has 10 rings (SSSR count). The number of imidazole rings is 3. The molecule has 7 aromatic carbocycles. The lowest BCUT2D eigenvalue weighted by Gasteiger charge is -2.13. The molecule has 12 nitrogen and oxygen atoms in total. The number of fused-ring (bicyclic) bond motifs is 6.